The van der Waals surface area contributed by atoms with Gasteiger partial charge in [-0.2, -0.15) is 0 Å². The second-order valence-corrected chi connectivity index (χ2v) is 10.0. The van der Waals surface area contributed by atoms with E-state index in [1.54, 1.807) is 18.2 Å². The molecule has 5 rings (SSSR count). The molecule has 36 heavy (non-hydrogen) atoms. The van der Waals surface area contributed by atoms with Crippen LogP contribution in [0.1, 0.15) is 50.5 Å². The van der Waals surface area contributed by atoms with Gasteiger partial charge in [-0.05, 0) is 61.4 Å². The second kappa shape index (κ2) is 9.54. The summed E-state index contributed by atoms with van der Waals surface area (Å²) in [4.78, 5) is 40.9. The number of nitrogens with zero attached hydrogens (tertiary/aromatic N) is 1. The van der Waals surface area contributed by atoms with Crippen LogP contribution in [0.5, 0.6) is 0 Å². The van der Waals surface area contributed by atoms with E-state index in [1.807, 2.05) is 6.07 Å². The molecule has 3 aliphatic rings. The summed E-state index contributed by atoms with van der Waals surface area (Å²) in [6.07, 6.45) is 5.45. The van der Waals surface area contributed by atoms with Crippen molar-refractivity contribution in [3.8, 4) is 0 Å². The number of hydrogen-bond donors (Lipinski definition) is 3. The number of nitrogens with two attached hydrogens (primary N) is 2. The van der Waals surface area contributed by atoms with Crippen molar-refractivity contribution in [1.82, 2.24) is 0 Å². The Morgan fingerprint density at radius 2 is 1.83 bits per heavy atom. The number of ether oxygens (including phenoxy) is 1. The highest BCUT2D eigenvalue weighted by Gasteiger charge is 2.48. The normalized spacial score (nSPS) is 20.0. The maximum atomic E-state index is 14.5. The molecule has 1 spiro atoms. The zero-order valence-corrected chi connectivity index (χ0v) is 20.1. The van der Waals surface area contributed by atoms with Crippen molar-refractivity contribution >= 4 is 40.5 Å². The van der Waals surface area contributed by atoms with Crippen LogP contribution in [0.2, 0.25) is 0 Å². The summed E-state index contributed by atoms with van der Waals surface area (Å²) in [6.45, 7) is 0.974. The van der Waals surface area contributed by atoms with Gasteiger partial charge in [0.15, 0.2) is 0 Å². The summed E-state index contributed by atoms with van der Waals surface area (Å²) < 4.78 is 20.0. The minimum atomic E-state index is -1.07. The van der Waals surface area contributed by atoms with Gasteiger partial charge in [0, 0.05) is 18.9 Å². The predicted molar refractivity (Wildman–Crippen MR) is 134 cm³/mol. The Balaban J connectivity index is 1.60. The van der Waals surface area contributed by atoms with Crippen molar-refractivity contribution < 1.29 is 23.5 Å². The van der Waals surface area contributed by atoms with Crippen LogP contribution >= 0.6 is 0 Å². The third kappa shape index (κ3) is 4.01. The highest BCUT2D eigenvalue weighted by Crippen LogP contribution is 2.47. The number of rotatable bonds is 5. The van der Waals surface area contributed by atoms with Gasteiger partial charge in [-0.15, -0.1) is 0 Å². The molecule has 1 unspecified atom stereocenters. The standard InChI is InChI=1S/C27H31FN4O4/c28-19-7-4-8-21(23(19)29)32(25(34)22(24(30)33)16-5-2-1-3-6-16)17-9-10-18-20(15-17)31-26(35)27(18)11-13-36-14-12-27/h4,7-10,15-16,22H,1-3,5-6,11-14,29H2,(H2,30,33)(H,31,35). The van der Waals surface area contributed by atoms with Crippen LogP contribution in [0.15, 0.2) is 36.4 Å². The topological polar surface area (TPSA) is 128 Å². The number of amides is 3. The van der Waals surface area contributed by atoms with Gasteiger partial charge >= 0.3 is 0 Å². The molecule has 1 atom stereocenters. The van der Waals surface area contributed by atoms with Gasteiger partial charge in [0.2, 0.25) is 17.7 Å². The number of para-hydroxylation sites is 1. The SMILES string of the molecule is NC(=O)C(C(=O)N(c1ccc2c(c1)NC(=O)C21CCOCC1)c1cccc(F)c1N)C1CCCCC1. The molecule has 2 aliphatic heterocycles. The molecule has 3 amide bonds. The third-order valence-corrected chi connectivity index (χ3v) is 7.99. The molecule has 2 fully saturated rings. The van der Waals surface area contributed by atoms with Gasteiger partial charge in [0.1, 0.15) is 11.7 Å². The van der Waals surface area contributed by atoms with Gasteiger partial charge in [-0.3, -0.25) is 19.3 Å². The van der Waals surface area contributed by atoms with Crippen molar-refractivity contribution in [2.24, 2.45) is 17.6 Å². The minimum absolute atomic E-state index is 0.0988. The van der Waals surface area contributed by atoms with E-state index in [4.69, 9.17) is 16.2 Å². The first-order valence-electron chi connectivity index (χ1n) is 12.5. The van der Waals surface area contributed by atoms with E-state index in [9.17, 15) is 18.8 Å². The lowest BCUT2D eigenvalue weighted by Crippen LogP contribution is -2.44. The lowest BCUT2D eigenvalue weighted by molar-refractivity contribution is -0.134. The van der Waals surface area contributed by atoms with Gasteiger partial charge in [-0.1, -0.05) is 31.4 Å². The number of benzene rings is 2. The van der Waals surface area contributed by atoms with Crippen molar-refractivity contribution in [2.75, 3.05) is 29.2 Å². The number of nitrogens with one attached hydrogen (secondary N) is 1. The summed E-state index contributed by atoms with van der Waals surface area (Å²) in [5.41, 5.74) is 12.9. The summed E-state index contributed by atoms with van der Waals surface area (Å²) in [5, 5.41) is 2.96. The maximum Gasteiger partial charge on any atom is 0.244 e. The van der Waals surface area contributed by atoms with E-state index >= 15 is 0 Å². The van der Waals surface area contributed by atoms with Crippen LogP contribution in [0.3, 0.4) is 0 Å². The number of primary amides is 1. The predicted octanol–water partition coefficient (Wildman–Crippen LogP) is 3.75. The number of halogens is 1. The Hall–Kier alpha value is -3.46. The molecule has 2 aromatic rings. The minimum Gasteiger partial charge on any atom is -0.395 e. The Kier molecular flexibility index (Phi) is 6.42. The van der Waals surface area contributed by atoms with Crippen LogP contribution in [0, 0.1) is 17.7 Å². The fraction of sp³-hybridized carbons (Fsp3) is 0.444. The summed E-state index contributed by atoms with van der Waals surface area (Å²) in [6, 6.07) is 9.46. The Morgan fingerprint density at radius 1 is 1.11 bits per heavy atom. The summed E-state index contributed by atoms with van der Waals surface area (Å²) in [7, 11) is 0. The molecule has 2 heterocycles. The van der Waals surface area contributed by atoms with E-state index in [2.05, 4.69) is 5.32 Å². The number of fused-ring (bicyclic) bond motifs is 2. The number of carbonyl (C=O) groups is 3. The van der Waals surface area contributed by atoms with Crippen molar-refractivity contribution in [2.45, 2.75) is 50.4 Å². The van der Waals surface area contributed by atoms with Gasteiger partial charge < -0.3 is 21.5 Å². The second-order valence-electron chi connectivity index (χ2n) is 10.0. The van der Waals surface area contributed by atoms with Gasteiger partial charge in [-0.25, -0.2) is 4.39 Å². The van der Waals surface area contributed by atoms with E-state index in [0.717, 1.165) is 37.7 Å². The molecule has 190 valence electrons. The van der Waals surface area contributed by atoms with E-state index in [1.165, 1.54) is 17.0 Å². The monoisotopic (exact) mass is 494 g/mol. The molecule has 1 saturated heterocycles. The highest BCUT2D eigenvalue weighted by atomic mass is 19.1. The molecule has 5 N–H and O–H groups in total. The smallest absolute Gasteiger partial charge is 0.244 e. The molecular formula is C27H31FN4O4. The molecule has 0 aromatic heterocycles. The Bertz CT molecular complexity index is 1200. The Labute approximate surface area is 209 Å². The molecule has 1 saturated carbocycles. The van der Waals surface area contributed by atoms with Crippen molar-refractivity contribution in [1.29, 1.82) is 0 Å². The largest absolute Gasteiger partial charge is 0.395 e. The van der Waals surface area contributed by atoms with Gasteiger partial charge in [0.05, 0.1) is 22.5 Å². The van der Waals surface area contributed by atoms with Crippen molar-refractivity contribution in [3.63, 3.8) is 0 Å². The molecule has 0 radical (unpaired) electrons. The average Bonchev–Trinajstić information content (AvgIpc) is 3.13. The lowest BCUT2D eigenvalue weighted by atomic mass is 9.75. The first-order valence-corrected chi connectivity index (χ1v) is 12.5. The van der Waals surface area contributed by atoms with Crippen LogP contribution < -0.4 is 21.7 Å². The van der Waals surface area contributed by atoms with E-state index in [0.29, 0.717) is 37.4 Å². The Morgan fingerprint density at radius 3 is 2.53 bits per heavy atom. The van der Waals surface area contributed by atoms with Crippen LogP contribution in [0.25, 0.3) is 0 Å². The van der Waals surface area contributed by atoms with Crippen LogP contribution in [-0.4, -0.2) is 30.9 Å². The van der Waals surface area contributed by atoms with Gasteiger partial charge in [0.25, 0.3) is 0 Å². The maximum absolute atomic E-state index is 14.5. The zero-order valence-electron chi connectivity index (χ0n) is 20.1. The number of nitrogen functional groups attached to an aromatic ring is 1. The van der Waals surface area contributed by atoms with Crippen LogP contribution in [0.4, 0.5) is 27.1 Å². The zero-order chi connectivity index (χ0) is 25.4. The molecule has 2 aromatic carbocycles. The molecular weight excluding hydrogens is 463 g/mol. The third-order valence-electron chi connectivity index (χ3n) is 7.99. The molecule has 9 heteroatoms. The van der Waals surface area contributed by atoms with Crippen molar-refractivity contribution in [3.05, 3.63) is 47.8 Å². The number of hydrogen-bond acceptors (Lipinski definition) is 5. The number of carbonyl (C=O) groups excluding carboxylic acids is 3. The average molecular weight is 495 g/mol. The summed E-state index contributed by atoms with van der Waals surface area (Å²) in [5.74, 6) is -3.29. The molecule has 0 bridgehead atoms. The summed E-state index contributed by atoms with van der Waals surface area (Å²) >= 11 is 0. The first-order chi connectivity index (χ1) is 17.3. The van der Waals surface area contributed by atoms with E-state index < -0.39 is 29.0 Å². The highest BCUT2D eigenvalue weighted by molar-refractivity contribution is 6.13. The quantitative estimate of drug-likeness (QED) is 0.431. The fourth-order valence-corrected chi connectivity index (χ4v) is 6.04. The lowest BCUT2D eigenvalue weighted by Gasteiger charge is -2.33. The first kappa shape index (κ1) is 24.2. The molecule has 8 nitrogen and oxygen atoms in total. The van der Waals surface area contributed by atoms with E-state index in [-0.39, 0.29) is 23.2 Å². The molecule has 1 aliphatic carbocycles. The fourth-order valence-electron chi connectivity index (χ4n) is 6.04. The number of anilines is 4. The van der Waals surface area contributed by atoms with Crippen LogP contribution in [-0.2, 0) is 24.5 Å².